The van der Waals surface area contributed by atoms with Crippen molar-refractivity contribution in [3.05, 3.63) is 0 Å². The lowest BCUT2D eigenvalue weighted by atomic mass is 9.70. The Hall–Kier alpha value is -0.0800. The number of nitrogens with one attached hydrogen (secondary N) is 1. The van der Waals surface area contributed by atoms with E-state index >= 15 is 0 Å². The fourth-order valence-electron chi connectivity index (χ4n) is 4.32. The summed E-state index contributed by atoms with van der Waals surface area (Å²) in [7, 11) is 0. The maximum Gasteiger partial charge on any atom is 0.0266 e. The third-order valence-corrected chi connectivity index (χ3v) is 5.62. The first kappa shape index (κ1) is 14.3. The minimum atomic E-state index is 0.596. The molecule has 2 fully saturated rings. The van der Waals surface area contributed by atoms with Gasteiger partial charge in [-0.25, -0.2) is 0 Å². The highest BCUT2D eigenvalue weighted by Crippen LogP contribution is 2.39. The van der Waals surface area contributed by atoms with Gasteiger partial charge in [0.25, 0.3) is 0 Å². The second kappa shape index (κ2) is 6.91. The second-order valence-electron chi connectivity index (χ2n) is 7.01. The van der Waals surface area contributed by atoms with Gasteiger partial charge in [0, 0.05) is 6.04 Å². The predicted molar refractivity (Wildman–Crippen MR) is 78.0 cm³/mol. The van der Waals surface area contributed by atoms with Crippen LogP contribution in [0.4, 0.5) is 0 Å². The molecule has 106 valence electrons. The van der Waals surface area contributed by atoms with Crippen molar-refractivity contribution < 1.29 is 0 Å². The van der Waals surface area contributed by atoms with Crippen molar-refractivity contribution in [3.63, 3.8) is 0 Å². The molecular weight excluding hydrogens is 220 g/mol. The Bertz CT molecular complexity index is 225. The average molecular weight is 252 g/mol. The minimum absolute atomic E-state index is 0.596. The zero-order chi connectivity index (χ0) is 13.0. The molecule has 2 aliphatic rings. The Morgan fingerprint density at radius 1 is 0.778 bits per heavy atom. The Balaban J connectivity index is 1.85. The molecule has 18 heavy (non-hydrogen) atoms. The molecule has 2 rings (SSSR count). The van der Waals surface area contributed by atoms with Crippen molar-refractivity contribution in [3.8, 4) is 0 Å². The molecule has 0 spiro atoms. The summed E-state index contributed by atoms with van der Waals surface area (Å²) in [6, 6.07) is 0.596. The van der Waals surface area contributed by atoms with Gasteiger partial charge >= 0.3 is 0 Å². The number of hydrogen-bond acceptors (Lipinski definition) is 2. The molecule has 0 heterocycles. The van der Waals surface area contributed by atoms with E-state index in [-0.39, 0.29) is 0 Å². The van der Waals surface area contributed by atoms with E-state index in [0.29, 0.717) is 6.04 Å². The van der Waals surface area contributed by atoms with Crippen LogP contribution >= 0.6 is 0 Å². The summed E-state index contributed by atoms with van der Waals surface area (Å²) < 4.78 is 0. The molecule has 0 aromatic carbocycles. The van der Waals surface area contributed by atoms with Crippen LogP contribution in [0.2, 0.25) is 0 Å². The van der Waals surface area contributed by atoms with E-state index in [4.69, 9.17) is 5.84 Å². The van der Waals surface area contributed by atoms with Gasteiger partial charge in [-0.3, -0.25) is 11.3 Å². The lowest BCUT2D eigenvalue weighted by molar-refractivity contribution is 0.139. The number of hydrazine groups is 1. The molecule has 0 aromatic rings. The van der Waals surface area contributed by atoms with Gasteiger partial charge in [-0.1, -0.05) is 33.1 Å². The fraction of sp³-hybridized carbons (Fsp3) is 1.00. The van der Waals surface area contributed by atoms with Crippen LogP contribution in [-0.2, 0) is 0 Å². The molecule has 1 unspecified atom stereocenters. The van der Waals surface area contributed by atoms with Gasteiger partial charge in [0.05, 0.1) is 0 Å². The van der Waals surface area contributed by atoms with E-state index in [1.54, 1.807) is 0 Å². The predicted octanol–water partition coefficient (Wildman–Crippen LogP) is 3.86. The zero-order valence-electron chi connectivity index (χ0n) is 12.3. The van der Waals surface area contributed by atoms with Crippen molar-refractivity contribution in [1.82, 2.24) is 5.43 Å². The number of rotatable bonds is 4. The van der Waals surface area contributed by atoms with Crippen LogP contribution in [0.3, 0.4) is 0 Å². The summed E-state index contributed by atoms with van der Waals surface area (Å²) in [5, 5.41) is 0. The second-order valence-corrected chi connectivity index (χ2v) is 7.01. The Morgan fingerprint density at radius 3 is 1.78 bits per heavy atom. The average Bonchev–Trinajstić information content (AvgIpc) is 2.41. The first-order valence-electron chi connectivity index (χ1n) is 8.18. The minimum Gasteiger partial charge on any atom is -0.271 e. The van der Waals surface area contributed by atoms with Crippen LogP contribution in [0.1, 0.15) is 71.6 Å². The molecule has 1 atom stereocenters. The van der Waals surface area contributed by atoms with Gasteiger partial charge < -0.3 is 0 Å². The van der Waals surface area contributed by atoms with Crippen molar-refractivity contribution in [2.75, 3.05) is 0 Å². The Kier molecular flexibility index (Phi) is 5.50. The number of hydrogen-bond donors (Lipinski definition) is 2. The summed E-state index contributed by atoms with van der Waals surface area (Å²) in [6.45, 7) is 4.76. The van der Waals surface area contributed by atoms with Crippen LogP contribution in [0.25, 0.3) is 0 Å². The third-order valence-electron chi connectivity index (χ3n) is 5.62. The third kappa shape index (κ3) is 3.48. The highest BCUT2D eigenvalue weighted by atomic mass is 15.2. The highest BCUT2D eigenvalue weighted by molar-refractivity contribution is 4.87. The van der Waals surface area contributed by atoms with E-state index in [0.717, 1.165) is 23.7 Å². The summed E-state index contributed by atoms with van der Waals surface area (Å²) >= 11 is 0. The summed E-state index contributed by atoms with van der Waals surface area (Å²) in [5.74, 6) is 9.40. The molecule has 0 amide bonds. The fourth-order valence-corrected chi connectivity index (χ4v) is 4.32. The summed E-state index contributed by atoms with van der Waals surface area (Å²) in [4.78, 5) is 0. The quantitative estimate of drug-likeness (QED) is 0.589. The number of nitrogens with two attached hydrogens (primary N) is 1. The molecular formula is C16H32N2. The first-order chi connectivity index (χ1) is 8.72. The normalized spacial score (nSPS) is 32.7. The lowest BCUT2D eigenvalue weighted by Gasteiger charge is -2.39. The molecule has 2 heteroatoms. The maximum absolute atomic E-state index is 5.88. The van der Waals surface area contributed by atoms with E-state index in [1.165, 1.54) is 57.8 Å². The maximum atomic E-state index is 5.88. The van der Waals surface area contributed by atoms with Crippen molar-refractivity contribution >= 4 is 0 Å². The smallest absolute Gasteiger partial charge is 0.0266 e. The van der Waals surface area contributed by atoms with Gasteiger partial charge in [0.15, 0.2) is 0 Å². The van der Waals surface area contributed by atoms with Crippen molar-refractivity contribution in [2.24, 2.45) is 29.5 Å². The van der Waals surface area contributed by atoms with E-state index in [9.17, 15) is 0 Å². The van der Waals surface area contributed by atoms with Gasteiger partial charge in [-0.15, -0.1) is 0 Å². The van der Waals surface area contributed by atoms with Gasteiger partial charge in [0.1, 0.15) is 0 Å². The van der Waals surface area contributed by atoms with Crippen molar-refractivity contribution in [1.29, 1.82) is 0 Å². The molecule has 0 bridgehead atoms. The standard InChI is InChI=1S/C16H32N2/c1-12(2)13-8-10-15(11-9-13)16(18-17)14-6-4-3-5-7-14/h12-16,18H,3-11,17H2,1-2H3. The van der Waals surface area contributed by atoms with Gasteiger partial charge in [-0.05, 0) is 62.2 Å². The molecule has 2 nitrogen and oxygen atoms in total. The molecule has 0 aliphatic heterocycles. The first-order valence-corrected chi connectivity index (χ1v) is 8.18. The van der Waals surface area contributed by atoms with E-state index in [1.807, 2.05) is 0 Å². The van der Waals surface area contributed by atoms with Crippen LogP contribution < -0.4 is 11.3 Å². The molecule has 2 aliphatic carbocycles. The molecule has 0 aromatic heterocycles. The topological polar surface area (TPSA) is 38.0 Å². The molecule has 3 N–H and O–H groups in total. The van der Waals surface area contributed by atoms with Crippen molar-refractivity contribution in [2.45, 2.75) is 77.7 Å². The Labute approximate surface area is 113 Å². The lowest BCUT2D eigenvalue weighted by Crippen LogP contribution is -2.47. The monoisotopic (exact) mass is 252 g/mol. The summed E-state index contributed by atoms with van der Waals surface area (Å²) in [5.41, 5.74) is 3.19. The Morgan fingerprint density at radius 2 is 1.28 bits per heavy atom. The van der Waals surface area contributed by atoms with E-state index < -0.39 is 0 Å². The van der Waals surface area contributed by atoms with Crippen LogP contribution in [0.15, 0.2) is 0 Å². The van der Waals surface area contributed by atoms with Gasteiger partial charge in [0.2, 0.25) is 0 Å². The van der Waals surface area contributed by atoms with Crippen LogP contribution in [-0.4, -0.2) is 6.04 Å². The molecule has 0 radical (unpaired) electrons. The largest absolute Gasteiger partial charge is 0.271 e. The van der Waals surface area contributed by atoms with Crippen LogP contribution in [0, 0.1) is 23.7 Å². The zero-order valence-corrected chi connectivity index (χ0v) is 12.3. The molecule has 0 saturated heterocycles. The van der Waals surface area contributed by atoms with E-state index in [2.05, 4.69) is 19.3 Å². The van der Waals surface area contributed by atoms with Gasteiger partial charge in [-0.2, -0.15) is 0 Å². The highest BCUT2D eigenvalue weighted by Gasteiger charge is 2.33. The van der Waals surface area contributed by atoms with Crippen LogP contribution in [0.5, 0.6) is 0 Å². The summed E-state index contributed by atoms with van der Waals surface area (Å²) in [6.07, 6.45) is 12.7. The molecule has 2 saturated carbocycles. The SMILES string of the molecule is CC(C)C1CCC(C(NN)C2CCCCC2)CC1.